The lowest BCUT2D eigenvalue weighted by Gasteiger charge is -2.23. The highest BCUT2D eigenvalue weighted by molar-refractivity contribution is 6.03. The number of aromatic nitrogens is 1. The molecule has 0 saturated heterocycles. The molecule has 2 aromatic carbocycles. The Morgan fingerprint density at radius 1 is 1.04 bits per heavy atom. The molecule has 27 heavy (non-hydrogen) atoms. The molecule has 0 radical (unpaired) electrons. The zero-order valence-corrected chi connectivity index (χ0v) is 14.5. The minimum atomic E-state index is -4.58. The number of alkyl halides is 3. The topological polar surface area (TPSA) is 42.3 Å². The van der Waals surface area contributed by atoms with Gasteiger partial charge in [0.05, 0.1) is 11.3 Å². The van der Waals surface area contributed by atoms with Gasteiger partial charge in [0.2, 0.25) is 5.91 Å². The zero-order chi connectivity index (χ0) is 19.6. The molecule has 0 aliphatic rings. The number of rotatable bonds is 4. The van der Waals surface area contributed by atoms with E-state index in [4.69, 9.17) is 0 Å². The number of benzene rings is 2. The Hall–Kier alpha value is -3.09. The highest BCUT2D eigenvalue weighted by atomic mass is 19.4. The summed E-state index contributed by atoms with van der Waals surface area (Å²) in [4.78, 5) is 26.2. The van der Waals surface area contributed by atoms with E-state index in [1.54, 1.807) is 13.0 Å². The molecule has 3 rings (SSSR count). The molecule has 7 heteroatoms. The van der Waals surface area contributed by atoms with Gasteiger partial charge in [-0.1, -0.05) is 36.4 Å². The maximum absolute atomic E-state index is 12.9. The van der Waals surface area contributed by atoms with Gasteiger partial charge in [0.15, 0.2) is 0 Å². The Labute approximate surface area is 153 Å². The van der Waals surface area contributed by atoms with Crippen LogP contribution in [-0.2, 0) is 17.5 Å². The lowest BCUT2D eigenvalue weighted by Crippen LogP contribution is -2.36. The van der Waals surface area contributed by atoms with Crippen LogP contribution in [0.2, 0.25) is 0 Å². The third kappa shape index (κ3) is 3.86. The number of nitrogens with zero attached hydrogens (tertiary/aromatic N) is 2. The Kier molecular flexibility index (Phi) is 5.03. The standard InChI is InChI=1S/C20H17F3N2O2/c1-2-25(17-9-5-7-14-6-3-4-8-16(14)17)19(27)13-24-12-15(20(21,22)23)10-11-18(24)26/h3-12H,2,13H2,1H3. The van der Waals surface area contributed by atoms with E-state index in [0.29, 0.717) is 24.5 Å². The normalized spacial score (nSPS) is 11.6. The fourth-order valence-corrected chi connectivity index (χ4v) is 2.98. The van der Waals surface area contributed by atoms with Crippen molar-refractivity contribution in [2.75, 3.05) is 11.4 Å². The van der Waals surface area contributed by atoms with Gasteiger partial charge < -0.3 is 9.47 Å². The Balaban J connectivity index is 1.96. The van der Waals surface area contributed by atoms with Gasteiger partial charge >= 0.3 is 6.18 Å². The van der Waals surface area contributed by atoms with E-state index in [2.05, 4.69) is 0 Å². The fraction of sp³-hybridized carbons (Fsp3) is 0.200. The highest BCUT2D eigenvalue weighted by Crippen LogP contribution is 2.29. The van der Waals surface area contributed by atoms with Crippen LogP contribution in [0.1, 0.15) is 12.5 Å². The molecule has 1 aromatic heterocycles. The molecular formula is C20H17F3N2O2. The summed E-state index contributed by atoms with van der Waals surface area (Å²) in [7, 11) is 0. The van der Waals surface area contributed by atoms with Crippen molar-refractivity contribution in [2.24, 2.45) is 0 Å². The number of carbonyl (C=O) groups excluding carboxylic acids is 1. The molecule has 0 N–H and O–H groups in total. The molecule has 0 aliphatic carbocycles. The number of hydrogen-bond donors (Lipinski definition) is 0. The van der Waals surface area contributed by atoms with Crippen LogP contribution in [-0.4, -0.2) is 17.0 Å². The van der Waals surface area contributed by atoms with E-state index in [1.807, 2.05) is 36.4 Å². The van der Waals surface area contributed by atoms with Crippen molar-refractivity contribution in [1.82, 2.24) is 4.57 Å². The molecule has 0 atom stereocenters. The van der Waals surface area contributed by atoms with Crippen LogP contribution in [0.25, 0.3) is 10.8 Å². The van der Waals surface area contributed by atoms with Crippen molar-refractivity contribution >= 4 is 22.4 Å². The summed E-state index contributed by atoms with van der Waals surface area (Å²) in [6.45, 7) is 1.62. The SMILES string of the molecule is CCN(C(=O)Cn1cc(C(F)(F)F)ccc1=O)c1cccc2ccccc12. The number of halogens is 3. The van der Waals surface area contributed by atoms with E-state index in [-0.39, 0.29) is 0 Å². The smallest absolute Gasteiger partial charge is 0.311 e. The summed E-state index contributed by atoms with van der Waals surface area (Å²) in [5.41, 5.74) is -0.978. The van der Waals surface area contributed by atoms with Crippen LogP contribution < -0.4 is 10.5 Å². The first-order valence-corrected chi connectivity index (χ1v) is 8.37. The molecule has 0 aliphatic heterocycles. The van der Waals surface area contributed by atoms with Gasteiger partial charge in [0.1, 0.15) is 6.54 Å². The number of amides is 1. The van der Waals surface area contributed by atoms with E-state index >= 15 is 0 Å². The van der Waals surface area contributed by atoms with Crippen LogP contribution >= 0.6 is 0 Å². The number of carbonyl (C=O) groups is 1. The first kappa shape index (κ1) is 18.7. The number of fused-ring (bicyclic) bond motifs is 1. The number of likely N-dealkylation sites (N-methyl/N-ethyl adjacent to an activating group) is 1. The summed E-state index contributed by atoms with van der Waals surface area (Å²) in [6, 6.07) is 14.5. The van der Waals surface area contributed by atoms with E-state index in [1.165, 1.54) is 4.90 Å². The number of hydrogen-bond acceptors (Lipinski definition) is 2. The molecule has 1 amide bonds. The maximum Gasteiger partial charge on any atom is 0.417 e. The van der Waals surface area contributed by atoms with Gasteiger partial charge in [-0.05, 0) is 24.4 Å². The molecule has 4 nitrogen and oxygen atoms in total. The second kappa shape index (κ2) is 7.26. The van der Waals surface area contributed by atoms with Crippen molar-refractivity contribution < 1.29 is 18.0 Å². The van der Waals surface area contributed by atoms with Crippen LogP contribution in [0.15, 0.2) is 65.6 Å². The third-order valence-corrected chi connectivity index (χ3v) is 4.29. The van der Waals surface area contributed by atoms with Gasteiger partial charge in [-0.3, -0.25) is 9.59 Å². The van der Waals surface area contributed by atoms with Crippen LogP contribution in [0.3, 0.4) is 0 Å². The minimum Gasteiger partial charge on any atom is -0.311 e. The lowest BCUT2D eigenvalue weighted by molar-refractivity contribution is -0.138. The maximum atomic E-state index is 12.9. The quantitative estimate of drug-likeness (QED) is 0.691. The largest absolute Gasteiger partial charge is 0.417 e. The van der Waals surface area contributed by atoms with Gasteiger partial charge in [-0.2, -0.15) is 13.2 Å². The second-order valence-corrected chi connectivity index (χ2v) is 6.02. The van der Waals surface area contributed by atoms with Gasteiger partial charge in [-0.25, -0.2) is 0 Å². The van der Waals surface area contributed by atoms with Crippen LogP contribution in [0.5, 0.6) is 0 Å². The minimum absolute atomic E-state index is 0.320. The van der Waals surface area contributed by atoms with Crippen molar-refractivity contribution in [3.63, 3.8) is 0 Å². The number of pyridine rings is 1. The Bertz CT molecular complexity index is 1040. The second-order valence-electron chi connectivity index (χ2n) is 6.02. The van der Waals surface area contributed by atoms with Crippen molar-refractivity contribution in [1.29, 1.82) is 0 Å². The molecular weight excluding hydrogens is 357 g/mol. The molecule has 0 unspecified atom stereocenters. The molecule has 1 heterocycles. The summed E-state index contributed by atoms with van der Waals surface area (Å²) < 4.78 is 39.5. The average Bonchev–Trinajstić information content (AvgIpc) is 2.63. The Morgan fingerprint density at radius 2 is 1.74 bits per heavy atom. The van der Waals surface area contributed by atoms with Crippen molar-refractivity contribution in [3.05, 3.63) is 76.7 Å². The summed E-state index contributed by atoms with van der Waals surface area (Å²) in [5.74, 6) is -0.463. The fourth-order valence-electron chi connectivity index (χ4n) is 2.98. The first-order valence-electron chi connectivity index (χ1n) is 8.37. The summed E-state index contributed by atoms with van der Waals surface area (Å²) in [6.07, 6.45) is -3.91. The van der Waals surface area contributed by atoms with E-state index in [0.717, 1.165) is 21.4 Å². The van der Waals surface area contributed by atoms with E-state index < -0.39 is 29.8 Å². The van der Waals surface area contributed by atoms with Gasteiger partial charge in [0, 0.05) is 24.2 Å². The molecule has 0 saturated carbocycles. The van der Waals surface area contributed by atoms with Crippen LogP contribution in [0.4, 0.5) is 18.9 Å². The number of anilines is 1. The lowest BCUT2D eigenvalue weighted by atomic mass is 10.1. The van der Waals surface area contributed by atoms with Gasteiger partial charge in [0.25, 0.3) is 5.56 Å². The summed E-state index contributed by atoms with van der Waals surface area (Å²) >= 11 is 0. The predicted octanol–water partition coefficient (Wildman–Crippen LogP) is 4.07. The monoisotopic (exact) mass is 374 g/mol. The van der Waals surface area contributed by atoms with E-state index in [9.17, 15) is 22.8 Å². The highest BCUT2D eigenvalue weighted by Gasteiger charge is 2.31. The molecule has 3 aromatic rings. The molecule has 0 bridgehead atoms. The van der Waals surface area contributed by atoms with Gasteiger partial charge in [-0.15, -0.1) is 0 Å². The van der Waals surface area contributed by atoms with Crippen molar-refractivity contribution in [2.45, 2.75) is 19.6 Å². The van der Waals surface area contributed by atoms with Crippen molar-refractivity contribution in [3.8, 4) is 0 Å². The molecule has 0 fully saturated rings. The molecule has 140 valence electrons. The Morgan fingerprint density at radius 3 is 2.44 bits per heavy atom. The third-order valence-electron chi connectivity index (χ3n) is 4.29. The summed E-state index contributed by atoms with van der Waals surface area (Å²) in [5, 5.41) is 1.80. The average molecular weight is 374 g/mol. The first-order chi connectivity index (χ1) is 12.8. The zero-order valence-electron chi connectivity index (χ0n) is 14.5. The van der Waals surface area contributed by atoms with Crippen LogP contribution in [0, 0.1) is 0 Å². The predicted molar refractivity (Wildman–Crippen MR) is 97.7 cm³/mol. The molecule has 0 spiro atoms.